The lowest BCUT2D eigenvalue weighted by Crippen LogP contribution is -2.44. The summed E-state index contributed by atoms with van der Waals surface area (Å²) in [6, 6.07) is 17.5. The number of hydrogen-bond donors (Lipinski definition) is 1. The van der Waals surface area contributed by atoms with Crippen molar-refractivity contribution in [2.75, 3.05) is 39.4 Å². The highest BCUT2D eigenvalue weighted by atomic mass is 16.5. The summed E-state index contributed by atoms with van der Waals surface area (Å²) in [6.45, 7) is 9.13. The molecule has 2 heterocycles. The van der Waals surface area contributed by atoms with E-state index >= 15 is 0 Å². The first-order valence-corrected chi connectivity index (χ1v) is 11.6. The van der Waals surface area contributed by atoms with Crippen LogP contribution < -0.4 is 5.32 Å². The van der Waals surface area contributed by atoms with Crippen LogP contribution >= 0.6 is 0 Å². The van der Waals surface area contributed by atoms with Gasteiger partial charge in [-0.25, -0.2) is 4.79 Å². The molecule has 2 aromatic rings. The second-order valence-electron chi connectivity index (χ2n) is 8.98. The van der Waals surface area contributed by atoms with E-state index in [9.17, 15) is 4.79 Å². The molecule has 5 heteroatoms. The van der Waals surface area contributed by atoms with Gasteiger partial charge in [-0.3, -0.25) is 4.90 Å². The number of aryl methyl sites for hydroxylation is 1. The Balaban J connectivity index is 1.18. The van der Waals surface area contributed by atoms with Crippen molar-refractivity contribution in [2.45, 2.75) is 39.3 Å². The van der Waals surface area contributed by atoms with Crippen LogP contribution in [-0.4, -0.2) is 55.2 Å². The fourth-order valence-corrected chi connectivity index (χ4v) is 4.47. The van der Waals surface area contributed by atoms with Crippen LogP contribution in [0.5, 0.6) is 0 Å². The van der Waals surface area contributed by atoms with E-state index in [4.69, 9.17) is 4.74 Å². The molecule has 0 bridgehead atoms. The lowest BCUT2D eigenvalue weighted by molar-refractivity contribution is 0.0342. The fraction of sp³-hybridized carbons (Fsp3) is 0.500. The zero-order valence-electron chi connectivity index (χ0n) is 18.7. The van der Waals surface area contributed by atoms with Gasteiger partial charge in [-0.2, -0.15) is 0 Å². The van der Waals surface area contributed by atoms with E-state index in [0.29, 0.717) is 12.5 Å². The molecular formula is C26H35N3O2. The molecule has 31 heavy (non-hydrogen) atoms. The number of morpholine rings is 1. The van der Waals surface area contributed by atoms with E-state index in [1.807, 2.05) is 4.90 Å². The van der Waals surface area contributed by atoms with Gasteiger partial charge < -0.3 is 15.0 Å². The first kappa shape index (κ1) is 21.8. The molecule has 0 atom stereocenters. The first-order chi connectivity index (χ1) is 15.2. The Morgan fingerprint density at radius 3 is 2.19 bits per heavy atom. The molecule has 0 aliphatic carbocycles. The number of rotatable bonds is 6. The van der Waals surface area contributed by atoms with Crippen LogP contribution in [0.25, 0.3) is 0 Å². The molecule has 0 saturated carbocycles. The van der Waals surface area contributed by atoms with E-state index in [-0.39, 0.29) is 6.03 Å². The molecule has 4 rings (SSSR count). The van der Waals surface area contributed by atoms with Crippen LogP contribution in [0.1, 0.15) is 35.1 Å². The Morgan fingerprint density at radius 2 is 1.52 bits per heavy atom. The van der Waals surface area contributed by atoms with E-state index in [1.54, 1.807) is 0 Å². The number of benzene rings is 2. The predicted octanol–water partition coefficient (Wildman–Crippen LogP) is 3.99. The van der Waals surface area contributed by atoms with Crippen LogP contribution in [0, 0.1) is 12.8 Å². The van der Waals surface area contributed by atoms with E-state index in [2.05, 4.69) is 65.7 Å². The molecule has 0 radical (unpaired) electrons. The normalized spacial score (nSPS) is 18.2. The Kier molecular flexibility index (Phi) is 7.60. The maximum Gasteiger partial charge on any atom is 0.317 e. The van der Waals surface area contributed by atoms with Gasteiger partial charge in [0, 0.05) is 39.3 Å². The SMILES string of the molecule is Cc1ccc(CNC(=O)N2CCC(Cc3ccc(CN4CCOCC4)cc3)CC2)cc1. The topological polar surface area (TPSA) is 44.8 Å². The Hall–Kier alpha value is -2.37. The summed E-state index contributed by atoms with van der Waals surface area (Å²) in [6.07, 6.45) is 3.26. The number of nitrogens with one attached hydrogen (secondary N) is 1. The molecule has 0 aromatic heterocycles. The molecule has 5 nitrogen and oxygen atoms in total. The van der Waals surface area contributed by atoms with E-state index < -0.39 is 0 Å². The Labute approximate surface area is 186 Å². The quantitative estimate of drug-likeness (QED) is 0.767. The number of urea groups is 1. The number of hydrogen-bond acceptors (Lipinski definition) is 3. The van der Waals surface area contributed by atoms with Crippen molar-refractivity contribution in [3.05, 3.63) is 70.8 Å². The maximum absolute atomic E-state index is 12.5. The fourth-order valence-electron chi connectivity index (χ4n) is 4.47. The maximum atomic E-state index is 12.5. The average molecular weight is 422 g/mol. The minimum absolute atomic E-state index is 0.0616. The van der Waals surface area contributed by atoms with Crippen molar-refractivity contribution in [3.8, 4) is 0 Å². The van der Waals surface area contributed by atoms with Crippen molar-refractivity contribution in [2.24, 2.45) is 5.92 Å². The van der Waals surface area contributed by atoms with Crippen LogP contribution in [-0.2, 0) is 24.2 Å². The molecule has 1 N–H and O–H groups in total. The lowest BCUT2D eigenvalue weighted by atomic mass is 9.90. The summed E-state index contributed by atoms with van der Waals surface area (Å²) in [4.78, 5) is 16.9. The second kappa shape index (κ2) is 10.8. The third-order valence-electron chi connectivity index (χ3n) is 6.52. The molecule has 2 fully saturated rings. The summed E-state index contributed by atoms with van der Waals surface area (Å²) in [5.41, 5.74) is 5.17. The second-order valence-corrected chi connectivity index (χ2v) is 8.98. The van der Waals surface area contributed by atoms with Gasteiger partial charge in [-0.15, -0.1) is 0 Å². The Bertz CT molecular complexity index is 821. The van der Waals surface area contributed by atoms with Gasteiger partial charge >= 0.3 is 6.03 Å². The summed E-state index contributed by atoms with van der Waals surface area (Å²) in [5.74, 6) is 0.659. The molecule has 2 aliphatic heterocycles. The third-order valence-corrected chi connectivity index (χ3v) is 6.52. The Morgan fingerprint density at radius 1 is 0.903 bits per heavy atom. The van der Waals surface area contributed by atoms with Gasteiger partial charge in [0.25, 0.3) is 0 Å². The smallest absolute Gasteiger partial charge is 0.317 e. The van der Waals surface area contributed by atoms with Crippen molar-refractivity contribution < 1.29 is 9.53 Å². The number of nitrogens with zero attached hydrogens (tertiary/aromatic N) is 2. The van der Waals surface area contributed by atoms with Crippen LogP contribution in [0.15, 0.2) is 48.5 Å². The van der Waals surface area contributed by atoms with Gasteiger partial charge in [0.15, 0.2) is 0 Å². The first-order valence-electron chi connectivity index (χ1n) is 11.6. The van der Waals surface area contributed by atoms with E-state index in [0.717, 1.165) is 70.8 Å². The molecule has 0 spiro atoms. The van der Waals surface area contributed by atoms with Crippen LogP contribution in [0.3, 0.4) is 0 Å². The largest absolute Gasteiger partial charge is 0.379 e. The zero-order chi connectivity index (χ0) is 21.5. The van der Waals surface area contributed by atoms with Crippen molar-refractivity contribution in [3.63, 3.8) is 0 Å². The number of ether oxygens (including phenoxy) is 1. The number of likely N-dealkylation sites (tertiary alicyclic amines) is 1. The van der Waals surface area contributed by atoms with Crippen LogP contribution in [0.4, 0.5) is 4.79 Å². The van der Waals surface area contributed by atoms with Gasteiger partial charge in [-0.05, 0) is 48.8 Å². The van der Waals surface area contributed by atoms with Gasteiger partial charge in [0.05, 0.1) is 13.2 Å². The third kappa shape index (κ3) is 6.55. The molecule has 2 amide bonds. The number of amides is 2. The molecule has 2 saturated heterocycles. The minimum Gasteiger partial charge on any atom is -0.379 e. The molecule has 2 aromatic carbocycles. The summed E-state index contributed by atoms with van der Waals surface area (Å²) in [5, 5.41) is 3.07. The van der Waals surface area contributed by atoms with E-state index in [1.165, 1.54) is 16.7 Å². The van der Waals surface area contributed by atoms with Crippen molar-refractivity contribution >= 4 is 6.03 Å². The number of carbonyl (C=O) groups excluding carboxylic acids is 1. The lowest BCUT2D eigenvalue weighted by Gasteiger charge is -2.32. The molecule has 0 unspecified atom stereocenters. The number of carbonyl (C=O) groups is 1. The van der Waals surface area contributed by atoms with Crippen molar-refractivity contribution in [1.82, 2.24) is 15.1 Å². The highest BCUT2D eigenvalue weighted by Gasteiger charge is 2.23. The molecule has 2 aliphatic rings. The summed E-state index contributed by atoms with van der Waals surface area (Å²) >= 11 is 0. The highest BCUT2D eigenvalue weighted by Crippen LogP contribution is 2.22. The highest BCUT2D eigenvalue weighted by molar-refractivity contribution is 5.74. The van der Waals surface area contributed by atoms with Gasteiger partial charge in [0.2, 0.25) is 0 Å². The monoisotopic (exact) mass is 421 g/mol. The summed E-state index contributed by atoms with van der Waals surface area (Å²) in [7, 11) is 0. The molecule has 166 valence electrons. The summed E-state index contributed by atoms with van der Waals surface area (Å²) < 4.78 is 5.43. The minimum atomic E-state index is 0.0616. The van der Waals surface area contributed by atoms with Crippen molar-refractivity contribution in [1.29, 1.82) is 0 Å². The average Bonchev–Trinajstić information content (AvgIpc) is 2.81. The zero-order valence-corrected chi connectivity index (χ0v) is 18.7. The van der Waals surface area contributed by atoms with Crippen LogP contribution in [0.2, 0.25) is 0 Å². The predicted molar refractivity (Wildman–Crippen MR) is 124 cm³/mol. The standard InChI is InChI=1S/C26H35N3O2/c1-21-2-4-24(5-3-21)19-27-26(30)29-12-10-23(11-13-29)18-22-6-8-25(9-7-22)20-28-14-16-31-17-15-28/h2-9,23H,10-20H2,1H3,(H,27,30). The van der Waals surface area contributed by atoms with Gasteiger partial charge in [0.1, 0.15) is 0 Å². The number of piperidine rings is 1. The molecular weight excluding hydrogens is 386 g/mol. The van der Waals surface area contributed by atoms with Gasteiger partial charge in [-0.1, -0.05) is 54.1 Å².